The SMILES string of the molecule is CS(=O)c1ccc(C(=O)OCc2nnc(-c3ccc([N+](=O)[O-])cc3)o2)cc1. The number of rotatable bonds is 6. The lowest BCUT2D eigenvalue weighted by atomic mass is 10.2. The summed E-state index contributed by atoms with van der Waals surface area (Å²) in [4.78, 5) is 22.8. The first-order chi connectivity index (χ1) is 12.9. The van der Waals surface area contributed by atoms with Crippen LogP contribution in [0.5, 0.6) is 0 Å². The summed E-state index contributed by atoms with van der Waals surface area (Å²) in [5.41, 5.74) is 0.762. The molecule has 1 atom stereocenters. The van der Waals surface area contributed by atoms with E-state index in [4.69, 9.17) is 9.15 Å². The average Bonchev–Trinajstić information content (AvgIpc) is 3.15. The Morgan fingerprint density at radius 2 is 1.81 bits per heavy atom. The van der Waals surface area contributed by atoms with Crippen LogP contribution in [0.3, 0.4) is 0 Å². The van der Waals surface area contributed by atoms with Gasteiger partial charge in [0.15, 0.2) is 6.61 Å². The van der Waals surface area contributed by atoms with Crippen molar-refractivity contribution in [3.8, 4) is 11.5 Å². The van der Waals surface area contributed by atoms with Gasteiger partial charge in [0.05, 0.1) is 10.5 Å². The number of non-ortho nitro benzene ring substituents is 1. The molecule has 0 radical (unpaired) electrons. The lowest BCUT2D eigenvalue weighted by Crippen LogP contribution is -2.05. The number of aromatic nitrogens is 2. The molecule has 0 spiro atoms. The van der Waals surface area contributed by atoms with E-state index < -0.39 is 21.7 Å². The molecule has 27 heavy (non-hydrogen) atoms. The van der Waals surface area contributed by atoms with Gasteiger partial charge in [-0.2, -0.15) is 0 Å². The van der Waals surface area contributed by atoms with Crippen LogP contribution >= 0.6 is 0 Å². The van der Waals surface area contributed by atoms with Crippen molar-refractivity contribution < 1.29 is 23.1 Å². The molecule has 0 saturated heterocycles. The van der Waals surface area contributed by atoms with E-state index in [1.165, 1.54) is 36.4 Å². The van der Waals surface area contributed by atoms with Crippen LogP contribution in [0.2, 0.25) is 0 Å². The van der Waals surface area contributed by atoms with Crippen molar-refractivity contribution >= 4 is 22.5 Å². The molecule has 0 saturated carbocycles. The number of nitro benzene ring substituents is 1. The van der Waals surface area contributed by atoms with Crippen LogP contribution in [-0.4, -0.2) is 31.6 Å². The Morgan fingerprint density at radius 3 is 2.41 bits per heavy atom. The Labute approximate surface area is 155 Å². The summed E-state index contributed by atoms with van der Waals surface area (Å²) in [5, 5.41) is 18.3. The molecule has 10 heteroatoms. The first-order valence-corrected chi connectivity index (χ1v) is 9.17. The number of nitrogens with zero attached hydrogens (tertiary/aromatic N) is 3. The fraction of sp³-hybridized carbons (Fsp3) is 0.118. The molecule has 0 aliphatic heterocycles. The number of ether oxygens (including phenoxy) is 1. The summed E-state index contributed by atoms with van der Waals surface area (Å²) in [6, 6.07) is 11.8. The zero-order valence-electron chi connectivity index (χ0n) is 14.0. The Balaban J connectivity index is 1.62. The van der Waals surface area contributed by atoms with Gasteiger partial charge in [-0.3, -0.25) is 14.3 Å². The molecule has 3 rings (SSSR count). The number of esters is 1. The van der Waals surface area contributed by atoms with E-state index in [-0.39, 0.29) is 24.1 Å². The smallest absolute Gasteiger partial charge is 0.338 e. The van der Waals surface area contributed by atoms with Crippen molar-refractivity contribution in [2.45, 2.75) is 11.5 Å². The van der Waals surface area contributed by atoms with Crippen LogP contribution < -0.4 is 0 Å². The highest BCUT2D eigenvalue weighted by Gasteiger charge is 2.14. The molecule has 0 fully saturated rings. The van der Waals surface area contributed by atoms with E-state index in [0.717, 1.165) is 0 Å². The Kier molecular flexibility index (Phi) is 5.36. The summed E-state index contributed by atoms with van der Waals surface area (Å²) in [7, 11) is -1.13. The van der Waals surface area contributed by atoms with E-state index in [2.05, 4.69) is 10.2 Å². The number of carbonyl (C=O) groups is 1. The Hall–Kier alpha value is -3.40. The van der Waals surface area contributed by atoms with Gasteiger partial charge in [-0.15, -0.1) is 10.2 Å². The maximum atomic E-state index is 12.0. The number of carbonyl (C=O) groups excluding carboxylic acids is 1. The Bertz CT molecular complexity index is 998. The summed E-state index contributed by atoms with van der Waals surface area (Å²) >= 11 is 0. The molecule has 9 nitrogen and oxygen atoms in total. The van der Waals surface area contributed by atoms with E-state index >= 15 is 0 Å². The first-order valence-electron chi connectivity index (χ1n) is 7.62. The van der Waals surface area contributed by atoms with Crippen LogP contribution in [0.1, 0.15) is 16.2 Å². The molecule has 138 valence electrons. The van der Waals surface area contributed by atoms with Gasteiger partial charge < -0.3 is 9.15 Å². The second kappa shape index (κ2) is 7.87. The molecule has 0 aliphatic carbocycles. The van der Waals surface area contributed by atoms with Crippen LogP contribution in [0, 0.1) is 10.1 Å². The summed E-state index contributed by atoms with van der Waals surface area (Å²) in [6.45, 7) is -0.222. The van der Waals surface area contributed by atoms with Crippen LogP contribution in [0.4, 0.5) is 5.69 Å². The van der Waals surface area contributed by atoms with Gasteiger partial charge in [0, 0.05) is 39.6 Å². The molecule has 0 amide bonds. The van der Waals surface area contributed by atoms with Crippen molar-refractivity contribution in [2.24, 2.45) is 0 Å². The fourth-order valence-electron chi connectivity index (χ4n) is 2.15. The molecular formula is C17H13N3O6S. The predicted molar refractivity (Wildman–Crippen MR) is 94.3 cm³/mol. The fourth-order valence-corrected chi connectivity index (χ4v) is 2.67. The predicted octanol–water partition coefficient (Wildman–Crippen LogP) is 2.74. The highest BCUT2D eigenvalue weighted by molar-refractivity contribution is 7.84. The second-order valence-corrected chi connectivity index (χ2v) is 6.74. The normalized spacial score (nSPS) is 11.7. The van der Waals surface area contributed by atoms with E-state index in [1.807, 2.05) is 0 Å². The van der Waals surface area contributed by atoms with E-state index in [9.17, 15) is 19.1 Å². The molecule has 1 unspecified atom stereocenters. The van der Waals surface area contributed by atoms with Gasteiger partial charge in [-0.05, 0) is 36.4 Å². The Morgan fingerprint density at radius 1 is 1.15 bits per heavy atom. The van der Waals surface area contributed by atoms with Crippen molar-refractivity contribution in [3.05, 3.63) is 70.1 Å². The lowest BCUT2D eigenvalue weighted by Gasteiger charge is -2.03. The van der Waals surface area contributed by atoms with Crippen LogP contribution in [0.25, 0.3) is 11.5 Å². The summed E-state index contributed by atoms with van der Waals surface area (Å²) < 4.78 is 21.9. The summed E-state index contributed by atoms with van der Waals surface area (Å²) in [5.74, 6) is -0.341. The van der Waals surface area contributed by atoms with E-state index in [0.29, 0.717) is 16.0 Å². The van der Waals surface area contributed by atoms with Gasteiger partial charge in [0.1, 0.15) is 0 Å². The van der Waals surface area contributed by atoms with E-state index in [1.54, 1.807) is 18.4 Å². The molecule has 3 aromatic rings. The maximum absolute atomic E-state index is 12.0. The summed E-state index contributed by atoms with van der Waals surface area (Å²) in [6.07, 6.45) is 1.55. The number of nitro groups is 1. The molecule has 0 aliphatic rings. The van der Waals surface area contributed by atoms with Gasteiger partial charge >= 0.3 is 5.97 Å². The van der Waals surface area contributed by atoms with Crippen molar-refractivity contribution in [2.75, 3.05) is 6.26 Å². The minimum absolute atomic E-state index is 0.0506. The van der Waals surface area contributed by atoms with Crippen molar-refractivity contribution in [3.63, 3.8) is 0 Å². The standard InChI is InChI=1S/C17H13N3O6S/c1-27(24)14-8-4-12(5-9-14)17(21)25-10-15-18-19-16(26-15)11-2-6-13(7-3-11)20(22)23/h2-9H,10H2,1H3. The number of benzene rings is 2. The third-order valence-electron chi connectivity index (χ3n) is 3.54. The third kappa shape index (κ3) is 4.42. The molecular weight excluding hydrogens is 374 g/mol. The molecule has 1 heterocycles. The monoisotopic (exact) mass is 387 g/mol. The third-order valence-corrected chi connectivity index (χ3v) is 4.48. The van der Waals surface area contributed by atoms with Crippen LogP contribution in [0.15, 0.2) is 57.8 Å². The quantitative estimate of drug-likeness (QED) is 0.359. The minimum Gasteiger partial charge on any atom is -0.452 e. The zero-order valence-corrected chi connectivity index (χ0v) is 14.8. The highest BCUT2D eigenvalue weighted by Crippen LogP contribution is 2.21. The highest BCUT2D eigenvalue weighted by atomic mass is 32.2. The second-order valence-electron chi connectivity index (χ2n) is 5.36. The largest absolute Gasteiger partial charge is 0.452 e. The topological polar surface area (TPSA) is 125 Å². The van der Waals surface area contributed by atoms with Gasteiger partial charge in [0.2, 0.25) is 5.89 Å². The van der Waals surface area contributed by atoms with Gasteiger partial charge in [-0.1, -0.05) is 0 Å². The molecule has 1 aromatic heterocycles. The van der Waals surface area contributed by atoms with Crippen molar-refractivity contribution in [1.82, 2.24) is 10.2 Å². The minimum atomic E-state index is -1.13. The molecule has 0 N–H and O–H groups in total. The maximum Gasteiger partial charge on any atom is 0.338 e. The zero-order chi connectivity index (χ0) is 19.4. The molecule has 0 bridgehead atoms. The van der Waals surface area contributed by atoms with Gasteiger partial charge in [-0.25, -0.2) is 4.79 Å². The first kappa shape index (κ1) is 18.4. The number of hydrogen-bond donors (Lipinski definition) is 0. The average molecular weight is 387 g/mol. The van der Waals surface area contributed by atoms with Gasteiger partial charge in [0.25, 0.3) is 11.6 Å². The van der Waals surface area contributed by atoms with Crippen molar-refractivity contribution in [1.29, 1.82) is 0 Å². The lowest BCUT2D eigenvalue weighted by molar-refractivity contribution is -0.384. The molecule has 2 aromatic carbocycles. The number of hydrogen-bond acceptors (Lipinski definition) is 8. The van der Waals surface area contributed by atoms with Crippen LogP contribution in [-0.2, 0) is 22.1 Å².